The summed E-state index contributed by atoms with van der Waals surface area (Å²) in [7, 11) is 0. The molecule has 1 saturated heterocycles. The van der Waals surface area contributed by atoms with Crippen LogP contribution in [-0.2, 0) is 0 Å². The molecular weight excluding hydrogens is 326 g/mol. The number of piperazine rings is 1. The fourth-order valence-corrected chi connectivity index (χ4v) is 2.79. The third-order valence-electron chi connectivity index (χ3n) is 4.13. The Balaban J connectivity index is 1.68. The van der Waals surface area contributed by atoms with Gasteiger partial charge in [0.15, 0.2) is 0 Å². The number of carbonyl (C=O) groups is 1. The molecule has 0 saturated carbocycles. The molecule has 7 heteroatoms. The second-order valence-electron chi connectivity index (χ2n) is 5.64. The summed E-state index contributed by atoms with van der Waals surface area (Å²) in [5, 5.41) is 3.45. The summed E-state index contributed by atoms with van der Waals surface area (Å²) < 4.78 is 0. The summed E-state index contributed by atoms with van der Waals surface area (Å²) in [6.45, 7) is 7.05. The van der Waals surface area contributed by atoms with Gasteiger partial charge in [0.05, 0.1) is 0 Å². The minimum atomic E-state index is -0.256. The minimum absolute atomic E-state index is 0.256. The van der Waals surface area contributed by atoms with E-state index in [-0.39, 0.29) is 5.91 Å². The molecule has 1 N–H and O–H groups in total. The molecule has 2 aromatic rings. The second kappa shape index (κ2) is 7.59. The number of nitrogens with zero attached hydrogens (tertiary/aromatic N) is 4. The van der Waals surface area contributed by atoms with E-state index < -0.39 is 0 Å². The molecule has 0 atom stereocenters. The Morgan fingerprint density at radius 1 is 1.17 bits per heavy atom. The third kappa shape index (κ3) is 4.01. The molecule has 24 heavy (non-hydrogen) atoms. The lowest BCUT2D eigenvalue weighted by Crippen LogP contribution is -2.46. The summed E-state index contributed by atoms with van der Waals surface area (Å²) in [5.74, 6) is 0.537. The van der Waals surface area contributed by atoms with Crippen molar-refractivity contribution in [2.45, 2.75) is 6.92 Å². The maximum absolute atomic E-state index is 12.4. The van der Waals surface area contributed by atoms with Gasteiger partial charge in [-0.2, -0.15) is 0 Å². The lowest BCUT2D eigenvalue weighted by molar-refractivity contribution is 0.102. The summed E-state index contributed by atoms with van der Waals surface area (Å²) >= 11 is 5.85. The van der Waals surface area contributed by atoms with E-state index in [1.807, 2.05) is 0 Å². The van der Waals surface area contributed by atoms with Gasteiger partial charge in [0, 0.05) is 43.0 Å². The van der Waals surface area contributed by atoms with E-state index >= 15 is 0 Å². The summed E-state index contributed by atoms with van der Waals surface area (Å²) in [4.78, 5) is 25.4. The summed E-state index contributed by atoms with van der Waals surface area (Å²) in [5.41, 5.74) is 1.04. The Morgan fingerprint density at radius 2 is 1.88 bits per heavy atom. The number of aromatic nitrogens is 2. The fourth-order valence-electron chi connectivity index (χ4n) is 2.67. The molecule has 0 unspecified atom stereocenters. The molecule has 1 aliphatic heterocycles. The van der Waals surface area contributed by atoms with E-state index in [9.17, 15) is 4.79 Å². The Bertz CT molecular complexity index is 698. The van der Waals surface area contributed by atoms with Crippen LogP contribution in [-0.4, -0.2) is 53.5 Å². The standard InChI is InChI=1S/C17H20ClN5O/c1-2-22-7-9-23(10-8-22)16-11-15(19-12-20-16)17(24)21-14-5-3-13(18)4-6-14/h3-6,11-12H,2,7-10H2,1H3,(H,21,24). The van der Waals surface area contributed by atoms with Gasteiger partial charge >= 0.3 is 0 Å². The van der Waals surface area contributed by atoms with Crippen LogP contribution in [0.2, 0.25) is 5.02 Å². The van der Waals surface area contributed by atoms with Crippen LogP contribution in [0.15, 0.2) is 36.7 Å². The number of carbonyl (C=O) groups excluding carboxylic acids is 1. The molecule has 1 aromatic carbocycles. The third-order valence-corrected chi connectivity index (χ3v) is 4.38. The first-order valence-electron chi connectivity index (χ1n) is 8.02. The zero-order valence-electron chi connectivity index (χ0n) is 13.6. The van der Waals surface area contributed by atoms with Crippen LogP contribution in [0.25, 0.3) is 0 Å². The van der Waals surface area contributed by atoms with Gasteiger partial charge in [-0.25, -0.2) is 9.97 Å². The van der Waals surface area contributed by atoms with Crippen LogP contribution in [0.5, 0.6) is 0 Å². The molecule has 1 aliphatic rings. The monoisotopic (exact) mass is 345 g/mol. The van der Waals surface area contributed by atoms with Gasteiger partial charge in [-0.15, -0.1) is 0 Å². The van der Waals surface area contributed by atoms with Crippen molar-refractivity contribution in [3.63, 3.8) is 0 Å². The Labute approximate surface area is 146 Å². The van der Waals surface area contributed by atoms with Gasteiger partial charge < -0.3 is 15.1 Å². The minimum Gasteiger partial charge on any atom is -0.354 e. The van der Waals surface area contributed by atoms with E-state index in [2.05, 4.69) is 32.0 Å². The van der Waals surface area contributed by atoms with E-state index in [1.54, 1.807) is 30.3 Å². The lowest BCUT2D eigenvalue weighted by Gasteiger charge is -2.34. The maximum atomic E-state index is 12.4. The number of likely N-dealkylation sites (N-methyl/N-ethyl adjacent to an activating group) is 1. The van der Waals surface area contributed by atoms with Crippen molar-refractivity contribution in [2.24, 2.45) is 0 Å². The molecule has 2 heterocycles. The molecule has 126 valence electrons. The topological polar surface area (TPSA) is 61.4 Å². The van der Waals surface area contributed by atoms with Crippen LogP contribution in [0.1, 0.15) is 17.4 Å². The molecule has 0 spiro atoms. The van der Waals surface area contributed by atoms with Crippen LogP contribution >= 0.6 is 11.6 Å². The number of benzene rings is 1. The Kier molecular flexibility index (Phi) is 5.27. The molecule has 1 amide bonds. The number of amides is 1. The maximum Gasteiger partial charge on any atom is 0.274 e. The van der Waals surface area contributed by atoms with Crippen molar-refractivity contribution in [2.75, 3.05) is 42.9 Å². The Hall–Kier alpha value is -2.18. The van der Waals surface area contributed by atoms with E-state index in [1.165, 1.54) is 6.33 Å². The quantitative estimate of drug-likeness (QED) is 0.922. The average molecular weight is 346 g/mol. The van der Waals surface area contributed by atoms with Gasteiger partial charge in [-0.3, -0.25) is 4.79 Å². The van der Waals surface area contributed by atoms with Crippen LogP contribution in [0.4, 0.5) is 11.5 Å². The van der Waals surface area contributed by atoms with Gasteiger partial charge in [0.25, 0.3) is 5.91 Å². The predicted molar refractivity (Wildman–Crippen MR) is 95.8 cm³/mol. The van der Waals surface area contributed by atoms with Crippen molar-refractivity contribution in [3.05, 3.63) is 47.4 Å². The van der Waals surface area contributed by atoms with Gasteiger partial charge in [-0.1, -0.05) is 18.5 Å². The van der Waals surface area contributed by atoms with Gasteiger partial charge in [0.2, 0.25) is 0 Å². The SMILES string of the molecule is CCN1CCN(c2cc(C(=O)Nc3ccc(Cl)cc3)ncn2)CC1. The highest BCUT2D eigenvalue weighted by Gasteiger charge is 2.18. The smallest absolute Gasteiger partial charge is 0.274 e. The zero-order chi connectivity index (χ0) is 16.9. The molecule has 1 aromatic heterocycles. The van der Waals surface area contributed by atoms with Crippen molar-refractivity contribution < 1.29 is 4.79 Å². The number of anilines is 2. The van der Waals surface area contributed by atoms with Crippen molar-refractivity contribution >= 4 is 29.0 Å². The highest BCUT2D eigenvalue weighted by molar-refractivity contribution is 6.30. The lowest BCUT2D eigenvalue weighted by atomic mass is 10.2. The van der Waals surface area contributed by atoms with Crippen LogP contribution in [0.3, 0.4) is 0 Å². The first-order chi connectivity index (χ1) is 11.7. The normalized spacial score (nSPS) is 15.3. The second-order valence-corrected chi connectivity index (χ2v) is 6.08. The zero-order valence-corrected chi connectivity index (χ0v) is 14.3. The summed E-state index contributed by atoms with van der Waals surface area (Å²) in [6, 6.07) is 8.72. The first kappa shape index (κ1) is 16.7. The molecule has 3 rings (SSSR count). The fraction of sp³-hybridized carbons (Fsp3) is 0.353. The number of halogens is 1. The largest absolute Gasteiger partial charge is 0.354 e. The molecule has 0 aliphatic carbocycles. The van der Waals surface area contributed by atoms with E-state index in [0.29, 0.717) is 16.4 Å². The number of rotatable bonds is 4. The number of hydrogen-bond acceptors (Lipinski definition) is 5. The molecule has 0 bridgehead atoms. The van der Waals surface area contributed by atoms with Crippen molar-refractivity contribution in [3.8, 4) is 0 Å². The predicted octanol–water partition coefficient (Wildman–Crippen LogP) is 2.52. The van der Waals surface area contributed by atoms with Crippen molar-refractivity contribution in [1.29, 1.82) is 0 Å². The molecule has 1 fully saturated rings. The highest BCUT2D eigenvalue weighted by atomic mass is 35.5. The highest BCUT2D eigenvalue weighted by Crippen LogP contribution is 2.16. The molecule has 6 nitrogen and oxygen atoms in total. The van der Waals surface area contributed by atoms with Gasteiger partial charge in [-0.05, 0) is 30.8 Å². The summed E-state index contributed by atoms with van der Waals surface area (Å²) in [6.07, 6.45) is 1.44. The van der Waals surface area contributed by atoms with Gasteiger partial charge in [0.1, 0.15) is 17.8 Å². The van der Waals surface area contributed by atoms with E-state index in [0.717, 1.165) is 38.5 Å². The van der Waals surface area contributed by atoms with Crippen molar-refractivity contribution in [1.82, 2.24) is 14.9 Å². The Morgan fingerprint density at radius 3 is 2.54 bits per heavy atom. The average Bonchev–Trinajstić information content (AvgIpc) is 2.64. The van der Waals surface area contributed by atoms with Crippen LogP contribution in [0, 0.1) is 0 Å². The van der Waals surface area contributed by atoms with Crippen LogP contribution < -0.4 is 10.2 Å². The molecule has 0 radical (unpaired) electrons. The molecular formula is C17H20ClN5O. The number of nitrogens with one attached hydrogen (secondary N) is 1. The number of hydrogen-bond donors (Lipinski definition) is 1. The van der Waals surface area contributed by atoms with E-state index in [4.69, 9.17) is 11.6 Å². The first-order valence-corrected chi connectivity index (χ1v) is 8.40.